The number of carbonyl (C=O) groups excluding carboxylic acids is 3. The van der Waals surface area contributed by atoms with E-state index in [1.165, 1.54) is 22.5 Å². The molecule has 4 aromatic rings. The lowest BCUT2D eigenvalue weighted by molar-refractivity contribution is -0.145. The van der Waals surface area contributed by atoms with Crippen LogP contribution in [0.1, 0.15) is 63.9 Å². The van der Waals surface area contributed by atoms with Crippen LogP contribution in [-0.4, -0.2) is 47.7 Å². The smallest absolute Gasteiger partial charge is 0.410 e. The molecule has 226 valence electrons. The van der Waals surface area contributed by atoms with Crippen molar-refractivity contribution in [3.63, 3.8) is 0 Å². The molecule has 10 heteroatoms. The molecule has 1 aliphatic heterocycles. The van der Waals surface area contributed by atoms with Gasteiger partial charge < -0.3 is 14.2 Å². The van der Waals surface area contributed by atoms with E-state index >= 15 is 0 Å². The third-order valence-electron chi connectivity index (χ3n) is 7.99. The molecule has 2 aliphatic rings. The Morgan fingerprint density at radius 1 is 0.955 bits per heavy atom. The van der Waals surface area contributed by atoms with E-state index in [0.29, 0.717) is 16.5 Å². The normalized spacial score (nSPS) is 17.2. The van der Waals surface area contributed by atoms with Gasteiger partial charge in [0.25, 0.3) is 0 Å². The Morgan fingerprint density at radius 2 is 1.68 bits per heavy atom. The number of esters is 2. The van der Waals surface area contributed by atoms with Gasteiger partial charge in [-0.05, 0) is 59.2 Å². The van der Waals surface area contributed by atoms with Crippen LogP contribution in [0.15, 0.2) is 78.2 Å². The van der Waals surface area contributed by atoms with Crippen LogP contribution in [0.5, 0.6) is 0 Å². The summed E-state index contributed by atoms with van der Waals surface area (Å²) in [5.74, 6) is -1.05. The molecule has 1 aromatic heterocycles. The van der Waals surface area contributed by atoms with Gasteiger partial charge >= 0.3 is 18.0 Å². The number of benzene rings is 3. The Balaban J connectivity index is 1.13. The van der Waals surface area contributed by atoms with Crippen molar-refractivity contribution in [1.29, 1.82) is 0 Å². The van der Waals surface area contributed by atoms with E-state index in [-0.39, 0.29) is 56.3 Å². The van der Waals surface area contributed by atoms with Crippen molar-refractivity contribution < 1.29 is 28.6 Å². The van der Waals surface area contributed by atoms with Crippen LogP contribution in [0.2, 0.25) is 5.02 Å². The molecule has 0 bridgehead atoms. The summed E-state index contributed by atoms with van der Waals surface area (Å²) in [6.07, 6.45) is 0.0883. The van der Waals surface area contributed by atoms with E-state index in [9.17, 15) is 14.4 Å². The topological polar surface area (TPSA) is 95.0 Å². The Bertz CT molecular complexity index is 1640. The van der Waals surface area contributed by atoms with Gasteiger partial charge in [0.2, 0.25) is 0 Å². The Kier molecular flexibility index (Phi) is 8.95. The number of fused-ring (bicyclic) bond motifs is 3. The molecule has 0 unspecified atom stereocenters. The van der Waals surface area contributed by atoms with E-state index in [1.807, 2.05) is 30.3 Å². The zero-order valence-corrected chi connectivity index (χ0v) is 25.7. The van der Waals surface area contributed by atoms with E-state index in [0.717, 1.165) is 16.7 Å². The highest BCUT2D eigenvalue weighted by molar-refractivity contribution is 7.09. The summed E-state index contributed by atoms with van der Waals surface area (Å²) in [4.78, 5) is 44.8. The highest BCUT2D eigenvalue weighted by Crippen LogP contribution is 2.45. The van der Waals surface area contributed by atoms with Gasteiger partial charge in [-0.3, -0.25) is 9.69 Å². The molecule has 1 saturated heterocycles. The summed E-state index contributed by atoms with van der Waals surface area (Å²) < 4.78 is 16.6. The van der Waals surface area contributed by atoms with E-state index < -0.39 is 18.1 Å². The van der Waals surface area contributed by atoms with Gasteiger partial charge in [-0.2, -0.15) is 0 Å². The minimum atomic E-state index is -0.530. The van der Waals surface area contributed by atoms with Crippen molar-refractivity contribution in [2.75, 3.05) is 19.8 Å². The van der Waals surface area contributed by atoms with Gasteiger partial charge in [-0.25, -0.2) is 14.6 Å². The average Bonchev–Trinajstić information content (AvgIpc) is 3.75. The lowest BCUT2D eigenvalue weighted by Crippen LogP contribution is -2.32. The van der Waals surface area contributed by atoms with Crippen LogP contribution in [-0.2, 0) is 25.6 Å². The molecule has 0 radical (unpaired) electrons. The average molecular weight is 631 g/mol. The van der Waals surface area contributed by atoms with Crippen LogP contribution in [0.4, 0.5) is 4.79 Å². The number of amides is 1. The number of hydrogen-bond acceptors (Lipinski definition) is 8. The first-order valence-corrected chi connectivity index (χ1v) is 15.8. The fourth-order valence-corrected chi connectivity index (χ4v) is 7.14. The summed E-state index contributed by atoms with van der Waals surface area (Å²) >= 11 is 7.36. The van der Waals surface area contributed by atoms with Crippen molar-refractivity contribution in [1.82, 2.24) is 9.88 Å². The van der Waals surface area contributed by atoms with Gasteiger partial charge in [-0.15, -0.1) is 11.3 Å². The van der Waals surface area contributed by atoms with Crippen LogP contribution < -0.4 is 0 Å². The van der Waals surface area contributed by atoms with Crippen LogP contribution >= 0.6 is 22.9 Å². The third-order valence-corrected chi connectivity index (χ3v) is 9.18. The van der Waals surface area contributed by atoms with Crippen molar-refractivity contribution >= 4 is 41.0 Å². The summed E-state index contributed by atoms with van der Waals surface area (Å²) in [5.41, 5.74) is 5.59. The second-order valence-corrected chi connectivity index (χ2v) is 12.2. The van der Waals surface area contributed by atoms with Gasteiger partial charge in [0.1, 0.15) is 18.2 Å². The van der Waals surface area contributed by atoms with E-state index in [4.69, 9.17) is 25.8 Å². The van der Waals surface area contributed by atoms with E-state index in [2.05, 4.69) is 29.2 Å². The Hall–Kier alpha value is -4.21. The highest BCUT2D eigenvalue weighted by Gasteiger charge is 2.40. The molecule has 1 aliphatic carbocycles. The molecule has 2 heterocycles. The largest absolute Gasteiger partial charge is 0.465 e. The zero-order chi connectivity index (χ0) is 30.6. The maximum absolute atomic E-state index is 13.3. The molecule has 8 nitrogen and oxygen atoms in total. The molecule has 1 fully saturated rings. The summed E-state index contributed by atoms with van der Waals surface area (Å²) in [7, 11) is 0. The van der Waals surface area contributed by atoms with Gasteiger partial charge in [0.05, 0.1) is 19.1 Å². The molecule has 3 aromatic carbocycles. The highest BCUT2D eigenvalue weighted by atomic mass is 35.5. The SMILES string of the molecule is CCOC(=O)c1csc([C@@H]2C[C@@H](CC(=O)OCC3c4ccccc4-c4ccccc43)CN2C(=O)OCc2cccc(Cl)c2)n1. The lowest BCUT2D eigenvalue weighted by Gasteiger charge is -2.22. The maximum atomic E-state index is 13.3. The Labute approximate surface area is 264 Å². The number of halogens is 1. The number of likely N-dealkylation sites (tertiary alicyclic amines) is 1. The van der Waals surface area contributed by atoms with Gasteiger partial charge in [0, 0.05) is 22.9 Å². The number of hydrogen-bond donors (Lipinski definition) is 0. The fourth-order valence-electron chi connectivity index (χ4n) is 6.01. The van der Waals surface area contributed by atoms with Crippen molar-refractivity contribution in [2.24, 2.45) is 5.92 Å². The number of nitrogens with zero attached hydrogens (tertiary/aromatic N) is 2. The molecular formula is C34H31ClN2O6S. The van der Waals surface area contributed by atoms with E-state index in [1.54, 1.807) is 35.4 Å². The number of aromatic nitrogens is 1. The van der Waals surface area contributed by atoms with Crippen molar-refractivity contribution in [3.8, 4) is 11.1 Å². The predicted octanol–water partition coefficient (Wildman–Crippen LogP) is 7.42. The standard InChI is InChI=1S/C34H31ClN2O6S/c1-2-41-33(39)29-20-44-32(36-29)30-15-22(17-37(30)34(40)43-18-21-8-7-9-23(35)14-21)16-31(38)42-19-28-26-12-5-3-10-24(26)25-11-4-6-13-27(25)28/h3-14,20,22,28,30H,2,15-19H2,1H3/t22-,30-/m0/s1. The molecule has 1 amide bonds. The first kappa shape index (κ1) is 29.8. The fraction of sp³-hybridized carbons (Fsp3) is 0.294. The number of carbonyl (C=O) groups is 3. The molecule has 0 N–H and O–H groups in total. The summed E-state index contributed by atoms with van der Waals surface area (Å²) in [5, 5.41) is 2.76. The first-order chi connectivity index (χ1) is 21.4. The minimum Gasteiger partial charge on any atom is -0.465 e. The monoisotopic (exact) mass is 630 g/mol. The lowest BCUT2D eigenvalue weighted by atomic mass is 9.98. The van der Waals surface area contributed by atoms with Crippen LogP contribution in [0, 0.1) is 5.92 Å². The molecule has 0 saturated carbocycles. The second kappa shape index (κ2) is 13.2. The maximum Gasteiger partial charge on any atom is 0.410 e. The second-order valence-electron chi connectivity index (χ2n) is 10.9. The predicted molar refractivity (Wildman–Crippen MR) is 167 cm³/mol. The van der Waals surface area contributed by atoms with Gasteiger partial charge in [-0.1, -0.05) is 72.3 Å². The number of thiazole rings is 1. The van der Waals surface area contributed by atoms with Crippen LogP contribution in [0.25, 0.3) is 11.1 Å². The molecule has 6 rings (SSSR count). The molecule has 2 atom stereocenters. The van der Waals surface area contributed by atoms with Crippen LogP contribution in [0.3, 0.4) is 0 Å². The first-order valence-electron chi connectivity index (χ1n) is 14.6. The van der Waals surface area contributed by atoms with Crippen molar-refractivity contribution in [3.05, 3.63) is 111 Å². The van der Waals surface area contributed by atoms with Crippen molar-refractivity contribution in [2.45, 2.75) is 38.3 Å². The number of ether oxygens (including phenoxy) is 3. The summed E-state index contributed by atoms with van der Waals surface area (Å²) in [6, 6.07) is 23.1. The Morgan fingerprint density at radius 3 is 2.39 bits per heavy atom. The quantitative estimate of drug-likeness (QED) is 0.140. The molecular weight excluding hydrogens is 600 g/mol. The molecule has 0 spiro atoms. The molecule has 44 heavy (non-hydrogen) atoms. The zero-order valence-electron chi connectivity index (χ0n) is 24.1. The summed E-state index contributed by atoms with van der Waals surface area (Å²) in [6.45, 7) is 2.54. The van der Waals surface area contributed by atoms with Gasteiger partial charge in [0.15, 0.2) is 5.69 Å². The third kappa shape index (κ3) is 6.34. The minimum absolute atomic E-state index is 0.0303. The number of rotatable bonds is 9.